The zero-order chi connectivity index (χ0) is 12.3. The van der Waals surface area contributed by atoms with Gasteiger partial charge in [0.2, 0.25) is 0 Å². The summed E-state index contributed by atoms with van der Waals surface area (Å²) >= 11 is 2.05. The molecule has 5 heteroatoms. The minimum Gasteiger partial charge on any atom is -0.480 e. The van der Waals surface area contributed by atoms with Crippen LogP contribution in [0.3, 0.4) is 0 Å². The number of carboxylic acids is 1. The molecular formula is C11H12INO3. The van der Waals surface area contributed by atoms with Crippen LogP contribution in [0.1, 0.15) is 17.3 Å². The fourth-order valence-electron chi connectivity index (χ4n) is 1.17. The van der Waals surface area contributed by atoms with Gasteiger partial charge in [-0.3, -0.25) is 4.79 Å². The molecule has 1 aromatic rings. The van der Waals surface area contributed by atoms with E-state index in [0.29, 0.717) is 5.56 Å². The lowest BCUT2D eigenvalue weighted by molar-refractivity contribution is -0.141. The van der Waals surface area contributed by atoms with Gasteiger partial charge in [0.05, 0.1) is 5.56 Å². The van der Waals surface area contributed by atoms with Crippen molar-refractivity contribution in [2.75, 3.05) is 7.05 Å². The van der Waals surface area contributed by atoms with Crippen molar-refractivity contribution >= 4 is 34.5 Å². The van der Waals surface area contributed by atoms with Gasteiger partial charge in [-0.05, 0) is 41.6 Å². The van der Waals surface area contributed by atoms with Crippen LogP contribution in [0.2, 0.25) is 0 Å². The molecule has 16 heavy (non-hydrogen) atoms. The fraction of sp³-hybridized carbons (Fsp3) is 0.273. The van der Waals surface area contributed by atoms with E-state index in [1.54, 1.807) is 12.1 Å². The Morgan fingerprint density at radius 3 is 2.44 bits per heavy atom. The molecule has 1 unspecified atom stereocenters. The number of halogens is 1. The van der Waals surface area contributed by atoms with Gasteiger partial charge in [0.25, 0.3) is 5.91 Å². The fourth-order valence-corrected chi connectivity index (χ4v) is 1.78. The summed E-state index contributed by atoms with van der Waals surface area (Å²) < 4.78 is 0.814. The average molecular weight is 333 g/mol. The molecule has 0 fully saturated rings. The molecule has 0 bridgehead atoms. The first-order valence-corrected chi connectivity index (χ1v) is 5.77. The van der Waals surface area contributed by atoms with Crippen LogP contribution in [0.5, 0.6) is 0 Å². The Balaban J connectivity index is 2.95. The maximum atomic E-state index is 12.0. The Hall–Kier alpha value is -1.11. The molecule has 1 aromatic carbocycles. The first kappa shape index (κ1) is 13.0. The third kappa shape index (κ3) is 2.72. The highest BCUT2D eigenvalue weighted by atomic mass is 127. The molecule has 1 atom stereocenters. The van der Waals surface area contributed by atoms with E-state index >= 15 is 0 Å². The third-order valence-electron chi connectivity index (χ3n) is 2.36. The van der Waals surface area contributed by atoms with Gasteiger partial charge in [0.1, 0.15) is 6.04 Å². The third-order valence-corrected chi connectivity index (χ3v) is 3.30. The molecule has 0 radical (unpaired) electrons. The van der Waals surface area contributed by atoms with Crippen molar-refractivity contribution in [1.29, 1.82) is 0 Å². The maximum absolute atomic E-state index is 12.0. The summed E-state index contributed by atoms with van der Waals surface area (Å²) in [5.41, 5.74) is 0.527. The molecular weight excluding hydrogens is 321 g/mol. The summed E-state index contributed by atoms with van der Waals surface area (Å²) in [5.74, 6) is -1.29. The smallest absolute Gasteiger partial charge is 0.326 e. The van der Waals surface area contributed by atoms with Crippen LogP contribution >= 0.6 is 22.6 Å². The molecule has 0 aliphatic carbocycles. The summed E-state index contributed by atoms with van der Waals surface area (Å²) in [6.07, 6.45) is 0. The minimum atomic E-state index is -1.01. The van der Waals surface area contributed by atoms with E-state index in [9.17, 15) is 9.59 Å². The molecule has 4 nitrogen and oxygen atoms in total. The Morgan fingerprint density at radius 1 is 1.38 bits per heavy atom. The number of likely N-dealkylation sites (N-methyl/N-ethyl adjacent to an activating group) is 1. The number of carbonyl (C=O) groups excluding carboxylic acids is 1. The molecule has 1 N–H and O–H groups in total. The highest BCUT2D eigenvalue weighted by Crippen LogP contribution is 2.14. The van der Waals surface area contributed by atoms with Gasteiger partial charge in [-0.1, -0.05) is 12.1 Å². The zero-order valence-electron chi connectivity index (χ0n) is 8.98. The number of carbonyl (C=O) groups is 2. The van der Waals surface area contributed by atoms with Crippen molar-refractivity contribution in [3.63, 3.8) is 0 Å². The van der Waals surface area contributed by atoms with E-state index in [2.05, 4.69) is 22.6 Å². The van der Waals surface area contributed by atoms with Gasteiger partial charge in [0, 0.05) is 10.6 Å². The Kier molecular flexibility index (Phi) is 4.28. The lowest BCUT2D eigenvalue weighted by Gasteiger charge is -2.21. The Morgan fingerprint density at radius 2 is 1.94 bits per heavy atom. The molecule has 1 rings (SSSR count). The average Bonchev–Trinajstić information content (AvgIpc) is 2.26. The number of aliphatic carboxylic acids is 1. The van der Waals surface area contributed by atoms with Gasteiger partial charge in [-0.2, -0.15) is 0 Å². The second kappa shape index (κ2) is 5.29. The van der Waals surface area contributed by atoms with Crippen molar-refractivity contribution in [3.05, 3.63) is 33.4 Å². The summed E-state index contributed by atoms with van der Waals surface area (Å²) in [6, 6.07) is 6.26. The summed E-state index contributed by atoms with van der Waals surface area (Å²) in [4.78, 5) is 24.0. The van der Waals surface area contributed by atoms with Crippen molar-refractivity contribution in [2.45, 2.75) is 13.0 Å². The van der Waals surface area contributed by atoms with Crippen LogP contribution < -0.4 is 0 Å². The van der Waals surface area contributed by atoms with Crippen LogP contribution in [-0.2, 0) is 4.79 Å². The SMILES string of the molecule is CC(C(=O)O)N(C)C(=O)c1ccccc1I. The van der Waals surface area contributed by atoms with Crippen LogP contribution in [0, 0.1) is 3.57 Å². The van der Waals surface area contributed by atoms with Crippen LogP contribution in [-0.4, -0.2) is 35.0 Å². The standard InChI is InChI=1S/C11H12INO3/c1-7(11(15)16)13(2)10(14)8-5-3-4-6-9(8)12/h3-7H,1-2H3,(H,15,16). The lowest BCUT2D eigenvalue weighted by Crippen LogP contribution is -2.40. The molecule has 0 saturated heterocycles. The summed E-state index contributed by atoms with van der Waals surface area (Å²) in [6.45, 7) is 1.48. The van der Waals surface area contributed by atoms with Gasteiger partial charge in [0.15, 0.2) is 0 Å². The number of benzene rings is 1. The largest absolute Gasteiger partial charge is 0.480 e. The van der Waals surface area contributed by atoms with Crippen molar-refractivity contribution < 1.29 is 14.7 Å². The molecule has 0 spiro atoms. The van der Waals surface area contributed by atoms with Crippen molar-refractivity contribution in [1.82, 2.24) is 4.90 Å². The second-order valence-corrected chi connectivity index (χ2v) is 4.57. The van der Waals surface area contributed by atoms with Crippen molar-refractivity contribution in [3.8, 4) is 0 Å². The predicted octanol–water partition coefficient (Wildman–Crippen LogP) is 1.84. The summed E-state index contributed by atoms with van der Waals surface area (Å²) in [7, 11) is 1.49. The quantitative estimate of drug-likeness (QED) is 0.859. The van der Waals surface area contributed by atoms with E-state index in [-0.39, 0.29) is 5.91 Å². The van der Waals surface area contributed by atoms with Gasteiger partial charge in [-0.25, -0.2) is 4.79 Å². The molecule has 0 saturated carbocycles. The van der Waals surface area contributed by atoms with E-state index in [1.807, 2.05) is 12.1 Å². The highest BCUT2D eigenvalue weighted by molar-refractivity contribution is 14.1. The number of rotatable bonds is 3. The molecule has 86 valence electrons. The van der Waals surface area contributed by atoms with Crippen LogP contribution in [0.4, 0.5) is 0 Å². The Labute approximate surface area is 107 Å². The van der Waals surface area contributed by atoms with E-state index in [4.69, 9.17) is 5.11 Å². The first-order chi connectivity index (χ1) is 7.45. The van der Waals surface area contributed by atoms with E-state index in [1.165, 1.54) is 18.9 Å². The molecule has 0 aliphatic rings. The first-order valence-electron chi connectivity index (χ1n) is 4.69. The number of nitrogens with zero attached hydrogens (tertiary/aromatic N) is 1. The van der Waals surface area contributed by atoms with Gasteiger partial charge >= 0.3 is 5.97 Å². The Bertz CT molecular complexity index is 419. The van der Waals surface area contributed by atoms with Gasteiger partial charge in [-0.15, -0.1) is 0 Å². The number of carboxylic acid groups (broad SMARTS) is 1. The predicted molar refractivity (Wildman–Crippen MR) is 68.4 cm³/mol. The lowest BCUT2D eigenvalue weighted by atomic mass is 10.2. The topological polar surface area (TPSA) is 57.6 Å². The highest BCUT2D eigenvalue weighted by Gasteiger charge is 2.23. The second-order valence-electron chi connectivity index (χ2n) is 3.41. The molecule has 1 amide bonds. The number of hydrogen-bond acceptors (Lipinski definition) is 2. The number of hydrogen-bond donors (Lipinski definition) is 1. The van der Waals surface area contributed by atoms with Crippen LogP contribution in [0.25, 0.3) is 0 Å². The van der Waals surface area contributed by atoms with E-state index < -0.39 is 12.0 Å². The maximum Gasteiger partial charge on any atom is 0.326 e. The zero-order valence-corrected chi connectivity index (χ0v) is 11.1. The normalized spacial score (nSPS) is 11.9. The minimum absolute atomic E-state index is 0.278. The monoisotopic (exact) mass is 333 g/mol. The van der Waals surface area contributed by atoms with Crippen LogP contribution in [0.15, 0.2) is 24.3 Å². The van der Waals surface area contributed by atoms with Gasteiger partial charge < -0.3 is 10.0 Å². The molecule has 0 aromatic heterocycles. The summed E-state index contributed by atoms with van der Waals surface area (Å²) in [5, 5.41) is 8.82. The molecule has 0 aliphatic heterocycles. The number of amides is 1. The molecule has 0 heterocycles. The van der Waals surface area contributed by atoms with E-state index in [0.717, 1.165) is 3.57 Å². The van der Waals surface area contributed by atoms with Crippen molar-refractivity contribution in [2.24, 2.45) is 0 Å².